The molecule has 2 aliphatic rings. The van der Waals surface area contributed by atoms with E-state index in [4.69, 9.17) is 4.74 Å². The molecular weight excluding hydrogens is 206 g/mol. The van der Waals surface area contributed by atoms with Gasteiger partial charge in [0.25, 0.3) is 0 Å². The molecule has 86 valence electrons. The summed E-state index contributed by atoms with van der Waals surface area (Å²) in [5.41, 5.74) is 1.60. The van der Waals surface area contributed by atoms with Crippen molar-refractivity contribution in [2.24, 2.45) is 0 Å². The molecule has 1 N–H and O–H groups in total. The minimum Gasteiger partial charge on any atom is -0.372 e. The summed E-state index contributed by atoms with van der Waals surface area (Å²) >= 11 is 2.10. The summed E-state index contributed by atoms with van der Waals surface area (Å²) in [6.07, 6.45) is 4.05. The van der Waals surface area contributed by atoms with Crippen LogP contribution in [0.25, 0.3) is 0 Å². The van der Waals surface area contributed by atoms with E-state index in [-0.39, 0.29) is 0 Å². The summed E-state index contributed by atoms with van der Waals surface area (Å²) < 4.78 is 5.85. The summed E-state index contributed by atoms with van der Waals surface area (Å²) in [5, 5.41) is 4.22. The Bertz CT molecular complexity index is 252. The van der Waals surface area contributed by atoms with Crippen molar-refractivity contribution in [3.8, 4) is 0 Å². The SMILES string of the molecule is CCNCC1OCCC2=C1CC(CC)S2. The molecule has 0 aromatic rings. The maximum absolute atomic E-state index is 5.85. The van der Waals surface area contributed by atoms with Crippen LogP contribution in [0.3, 0.4) is 0 Å². The molecule has 0 aliphatic carbocycles. The van der Waals surface area contributed by atoms with E-state index in [1.165, 1.54) is 12.8 Å². The number of likely N-dealkylation sites (N-methyl/N-ethyl adjacent to an activating group) is 1. The van der Waals surface area contributed by atoms with Crippen molar-refractivity contribution in [3.05, 3.63) is 10.5 Å². The molecule has 15 heavy (non-hydrogen) atoms. The highest BCUT2D eigenvalue weighted by Gasteiger charge is 2.31. The summed E-state index contributed by atoms with van der Waals surface area (Å²) in [4.78, 5) is 1.64. The van der Waals surface area contributed by atoms with Crippen LogP contribution < -0.4 is 5.32 Å². The number of nitrogens with one attached hydrogen (secondary N) is 1. The van der Waals surface area contributed by atoms with Gasteiger partial charge in [-0.25, -0.2) is 0 Å². The zero-order chi connectivity index (χ0) is 10.7. The Labute approximate surface area is 96.8 Å². The highest BCUT2D eigenvalue weighted by Crippen LogP contribution is 2.44. The molecule has 0 radical (unpaired) electrons. The van der Waals surface area contributed by atoms with Crippen LogP contribution in [0.15, 0.2) is 10.5 Å². The Morgan fingerprint density at radius 3 is 3.07 bits per heavy atom. The number of hydrogen-bond donors (Lipinski definition) is 1. The van der Waals surface area contributed by atoms with Crippen molar-refractivity contribution < 1.29 is 4.74 Å². The molecule has 2 nitrogen and oxygen atoms in total. The predicted molar refractivity (Wildman–Crippen MR) is 66.2 cm³/mol. The second-order valence-electron chi connectivity index (χ2n) is 4.22. The monoisotopic (exact) mass is 227 g/mol. The zero-order valence-corrected chi connectivity index (χ0v) is 10.5. The smallest absolute Gasteiger partial charge is 0.0920 e. The van der Waals surface area contributed by atoms with E-state index < -0.39 is 0 Å². The molecule has 2 rings (SSSR count). The van der Waals surface area contributed by atoms with Gasteiger partial charge in [-0.3, -0.25) is 0 Å². The lowest BCUT2D eigenvalue weighted by atomic mass is 10.00. The maximum Gasteiger partial charge on any atom is 0.0920 e. The van der Waals surface area contributed by atoms with E-state index in [9.17, 15) is 0 Å². The minimum absolute atomic E-state index is 0.359. The van der Waals surface area contributed by atoms with Gasteiger partial charge in [-0.1, -0.05) is 13.8 Å². The lowest BCUT2D eigenvalue weighted by molar-refractivity contribution is 0.0683. The minimum atomic E-state index is 0.359. The molecule has 0 bridgehead atoms. The molecule has 2 aliphatic heterocycles. The Morgan fingerprint density at radius 2 is 2.33 bits per heavy atom. The normalized spacial score (nSPS) is 30.8. The van der Waals surface area contributed by atoms with Gasteiger partial charge >= 0.3 is 0 Å². The van der Waals surface area contributed by atoms with Crippen LogP contribution in [-0.2, 0) is 4.74 Å². The largest absolute Gasteiger partial charge is 0.372 e. The van der Waals surface area contributed by atoms with Gasteiger partial charge in [-0.05, 0) is 29.9 Å². The van der Waals surface area contributed by atoms with Crippen LogP contribution in [0, 0.1) is 0 Å². The predicted octanol–water partition coefficient (Wildman–Crippen LogP) is 2.55. The lowest BCUT2D eigenvalue weighted by Crippen LogP contribution is -2.33. The third-order valence-electron chi connectivity index (χ3n) is 3.19. The first kappa shape index (κ1) is 11.5. The summed E-state index contributed by atoms with van der Waals surface area (Å²) in [6.45, 7) is 7.38. The number of hydrogen-bond acceptors (Lipinski definition) is 3. The topological polar surface area (TPSA) is 21.3 Å². The first-order valence-corrected chi connectivity index (χ1v) is 6.94. The number of ether oxygens (including phenoxy) is 1. The van der Waals surface area contributed by atoms with Crippen molar-refractivity contribution in [2.45, 2.75) is 44.5 Å². The Balaban J connectivity index is 1.98. The second-order valence-corrected chi connectivity index (χ2v) is 5.61. The fraction of sp³-hybridized carbons (Fsp3) is 0.833. The van der Waals surface area contributed by atoms with Crippen LogP contribution in [0.4, 0.5) is 0 Å². The summed E-state index contributed by atoms with van der Waals surface area (Å²) in [7, 11) is 0. The molecule has 2 unspecified atom stereocenters. The molecular formula is C12H21NOS. The third kappa shape index (κ3) is 2.58. The molecule has 0 saturated heterocycles. The Hall–Kier alpha value is 0.01000. The average molecular weight is 227 g/mol. The lowest BCUT2D eigenvalue weighted by Gasteiger charge is -2.25. The third-order valence-corrected chi connectivity index (χ3v) is 4.77. The molecule has 0 fully saturated rings. The number of rotatable bonds is 4. The average Bonchev–Trinajstić information content (AvgIpc) is 2.69. The van der Waals surface area contributed by atoms with Gasteiger partial charge in [0, 0.05) is 18.2 Å². The van der Waals surface area contributed by atoms with Crippen LogP contribution in [0.1, 0.15) is 33.1 Å². The first-order valence-electron chi connectivity index (χ1n) is 6.06. The Morgan fingerprint density at radius 1 is 1.47 bits per heavy atom. The molecule has 2 heterocycles. The second kappa shape index (κ2) is 5.37. The maximum atomic E-state index is 5.85. The molecule has 0 aromatic heterocycles. The van der Waals surface area contributed by atoms with Gasteiger partial charge in [0.1, 0.15) is 0 Å². The van der Waals surface area contributed by atoms with Crippen LogP contribution in [0.2, 0.25) is 0 Å². The molecule has 0 spiro atoms. The van der Waals surface area contributed by atoms with Crippen molar-refractivity contribution >= 4 is 11.8 Å². The molecule has 2 atom stereocenters. The van der Waals surface area contributed by atoms with E-state index in [1.807, 2.05) is 0 Å². The molecule has 3 heteroatoms. The van der Waals surface area contributed by atoms with E-state index in [0.29, 0.717) is 6.10 Å². The highest BCUT2D eigenvalue weighted by atomic mass is 32.2. The van der Waals surface area contributed by atoms with Crippen molar-refractivity contribution in [2.75, 3.05) is 19.7 Å². The van der Waals surface area contributed by atoms with Gasteiger partial charge in [0.2, 0.25) is 0 Å². The van der Waals surface area contributed by atoms with E-state index in [1.54, 1.807) is 10.5 Å². The summed E-state index contributed by atoms with van der Waals surface area (Å²) in [6, 6.07) is 0. The van der Waals surface area contributed by atoms with Crippen LogP contribution in [0.5, 0.6) is 0 Å². The van der Waals surface area contributed by atoms with E-state index >= 15 is 0 Å². The fourth-order valence-corrected chi connectivity index (χ4v) is 3.69. The molecule has 0 aromatic carbocycles. The van der Waals surface area contributed by atoms with Crippen molar-refractivity contribution in [1.29, 1.82) is 0 Å². The van der Waals surface area contributed by atoms with Crippen molar-refractivity contribution in [3.63, 3.8) is 0 Å². The van der Waals surface area contributed by atoms with Crippen LogP contribution >= 0.6 is 11.8 Å². The van der Waals surface area contributed by atoms with Gasteiger partial charge in [0.15, 0.2) is 0 Å². The molecule has 0 saturated carbocycles. The fourth-order valence-electron chi connectivity index (χ4n) is 2.29. The van der Waals surface area contributed by atoms with Crippen LogP contribution in [-0.4, -0.2) is 31.1 Å². The summed E-state index contributed by atoms with van der Waals surface area (Å²) in [5.74, 6) is 0. The molecule has 0 amide bonds. The van der Waals surface area contributed by atoms with Gasteiger partial charge in [-0.2, -0.15) is 0 Å². The van der Waals surface area contributed by atoms with Gasteiger partial charge in [0.05, 0.1) is 12.7 Å². The number of thioether (sulfide) groups is 1. The van der Waals surface area contributed by atoms with E-state index in [0.717, 1.165) is 31.4 Å². The Kier molecular flexibility index (Phi) is 4.12. The first-order chi connectivity index (χ1) is 7.35. The van der Waals surface area contributed by atoms with Gasteiger partial charge in [-0.15, -0.1) is 11.8 Å². The highest BCUT2D eigenvalue weighted by molar-refractivity contribution is 8.03. The van der Waals surface area contributed by atoms with Crippen molar-refractivity contribution in [1.82, 2.24) is 5.32 Å². The van der Waals surface area contributed by atoms with Gasteiger partial charge < -0.3 is 10.1 Å². The zero-order valence-electron chi connectivity index (χ0n) is 9.71. The van der Waals surface area contributed by atoms with E-state index in [2.05, 4.69) is 30.9 Å². The standard InChI is InChI=1S/C12H21NOS/c1-3-9-7-10-11(8-13-4-2)14-6-5-12(10)15-9/h9,11,13H,3-8H2,1-2H3. The quantitative estimate of drug-likeness (QED) is 0.797.